The van der Waals surface area contributed by atoms with Crippen molar-refractivity contribution in [2.24, 2.45) is 5.16 Å². The van der Waals surface area contributed by atoms with Crippen LogP contribution in [0.5, 0.6) is 0 Å². The number of carboxylic acid groups (broad SMARTS) is 1. The molecule has 2 aliphatic rings. The van der Waals surface area contributed by atoms with Crippen LogP contribution in [0.25, 0.3) is 0 Å². The van der Waals surface area contributed by atoms with Gasteiger partial charge in [0.2, 0.25) is 5.71 Å². The fourth-order valence-electron chi connectivity index (χ4n) is 2.00. The lowest BCUT2D eigenvalue weighted by Gasteiger charge is -2.46. The summed E-state index contributed by atoms with van der Waals surface area (Å²) in [6.45, 7) is 1.16. The molecule has 1 fully saturated rings. The van der Waals surface area contributed by atoms with Gasteiger partial charge in [0.15, 0.2) is 5.78 Å². The lowest BCUT2D eigenvalue weighted by molar-refractivity contribution is -0.144. The molecule has 9 nitrogen and oxygen atoms in total. The number of carboxylic acids is 1. The van der Waals surface area contributed by atoms with Crippen LogP contribution in [0.4, 0.5) is 0 Å². The summed E-state index contributed by atoms with van der Waals surface area (Å²) in [6.07, 6.45) is 1.27. The van der Waals surface area contributed by atoms with Crippen molar-refractivity contribution in [2.45, 2.75) is 18.3 Å². The van der Waals surface area contributed by atoms with Gasteiger partial charge in [-0.05, 0) is 0 Å². The van der Waals surface area contributed by atoms with Gasteiger partial charge in [-0.1, -0.05) is 5.16 Å². The van der Waals surface area contributed by atoms with Gasteiger partial charge in [0, 0.05) is 18.9 Å². The molecule has 0 aromatic heterocycles. The van der Waals surface area contributed by atoms with Crippen LogP contribution in [0.15, 0.2) is 16.9 Å². The molecule has 0 spiro atoms. The zero-order chi connectivity index (χ0) is 16.4. The SMILES string of the molecule is CON=C(C(C)=O)C(=O)NC1C(=O)N2C=C(C(=O)O)CS[C@H]12. The number of rotatable bonds is 5. The van der Waals surface area contributed by atoms with E-state index in [2.05, 4.69) is 15.3 Å². The van der Waals surface area contributed by atoms with Crippen molar-refractivity contribution in [1.29, 1.82) is 0 Å². The number of oxime groups is 1. The minimum Gasteiger partial charge on any atom is -0.478 e. The highest BCUT2D eigenvalue weighted by molar-refractivity contribution is 8.00. The molecule has 0 bridgehead atoms. The fourth-order valence-corrected chi connectivity index (χ4v) is 3.25. The van der Waals surface area contributed by atoms with E-state index in [1.165, 1.54) is 30.0 Å². The van der Waals surface area contributed by atoms with Crippen molar-refractivity contribution in [3.05, 3.63) is 11.8 Å². The number of fused-ring (bicyclic) bond motifs is 1. The van der Waals surface area contributed by atoms with Crippen molar-refractivity contribution in [3.8, 4) is 0 Å². The van der Waals surface area contributed by atoms with Gasteiger partial charge in [0.05, 0.1) is 5.57 Å². The third-order valence-corrected chi connectivity index (χ3v) is 4.40. The van der Waals surface area contributed by atoms with Crippen LogP contribution in [0, 0.1) is 0 Å². The van der Waals surface area contributed by atoms with Crippen molar-refractivity contribution < 1.29 is 29.1 Å². The largest absolute Gasteiger partial charge is 0.478 e. The molecule has 2 N–H and O–H groups in total. The number of hydrogen-bond donors (Lipinski definition) is 2. The van der Waals surface area contributed by atoms with Gasteiger partial charge in [-0.3, -0.25) is 14.4 Å². The fraction of sp³-hybridized carbons (Fsp3) is 0.417. The number of aliphatic carboxylic acids is 1. The molecule has 22 heavy (non-hydrogen) atoms. The Morgan fingerprint density at radius 3 is 2.73 bits per heavy atom. The molecule has 2 amide bonds. The number of nitrogens with zero attached hydrogens (tertiary/aromatic N) is 2. The van der Waals surface area contributed by atoms with Gasteiger partial charge in [0.25, 0.3) is 11.8 Å². The molecule has 1 unspecified atom stereocenters. The zero-order valence-corrected chi connectivity index (χ0v) is 12.5. The summed E-state index contributed by atoms with van der Waals surface area (Å²) in [6, 6.07) is -0.828. The van der Waals surface area contributed by atoms with Gasteiger partial charge < -0.3 is 20.2 Å². The molecule has 2 atom stereocenters. The Hall–Kier alpha value is -2.36. The first-order chi connectivity index (χ1) is 10.4. The van der Waals surface area contributed by atoms with Gasteiger partial charge in [0.1, 0.15) is 18.5 Å². The molecule has 1 saturated heterocycles. The summed E-state index contributed by atoms with van der Waals surface area (Å²) in [7, 11) is 1.20. The maximum Gasteiger partial charge on any atom is 0.333 e. The highest BCUT2D eigenvalue weighted by atomic mass is 32.2. The van der Waals surface area contributed by atoms with E-state index in [1.54, 1.807) is 0 Å². The smallest absolute Gasteiger partial charge is 0.333 e. The maximum absolute atomic E-state index is 12.0. The van der Waals surface area contributed by atoms with E-state index in [0.29, 0.717) is 0 Å². The van der Waals surface area contributed by atoms with Crippen LogP contribution >= 0.6 is 11.8 Å². The summed E-state index contributed by atoms with van der Waals surface area (Å²) in [5, 5.41) is 14.3. The predicted molar refractivity (Wildman–Crippen MR) is 75.9 cm³/mol. The van der Waals surface area contributed by atoms with Crippen molar-refractivity contribution in [2.75, 3.05) is 12.9 Å². The maximum atomic E-state index is 12.0. The van der Waals surface area contributed by atoms with E-state index >= 15 is 0 Å². The van der Waals surface area contributed by atoms with Crippen LogP contribution < -0.4 is 5.32 Å². The summed E-state index contributed by atoms with van der Waals surface area (Å²) in [4.78, 5) is 51.7. The number of ketones is 1. The van der Waals surface area contributed by atoms with Crippen molar-refractivity contribution >= 4 is 41.0 Å². The molecule has 2 rings (SSSR count). The van der Waals surface area contributed by atoms with E-state index in [9.17, 15) is 19.2 Å². The number of Topliss-reactive ketones (excluding diaryl/α,β-unsaturated/α-hetero) is 1. The second-order valence-corrected chi connectivity index (χ2v) is 5.64. The Morgan fingerprint density at radius 1 is 1.50 bits per heavy atom. The highest BCUT2D eigenvalue weighted by Gasteiger charge is 2.50. The highest BCUT2D eigenvalue weighted by Crippen LogP contribution is 2.36. The van der Waals surface area contributed by atoms with Crippen molar-refractivity contribution in [3.63, 3.8) is 0 Å². The average molecular weight is 327 g/mol. The summed E-state index contributed by atoms with van der Waals surface area (Å²) >= 11 is 1.22. The second-order valence-electron chi connectivity index (χ2n) is 4.54. The third kappa shape index (κ3) is 2.82. The molecule has 2 aliphatic heterocycles. The Balaban J connectivity index is 2.07. The first-order valence-electron chi connectivity index (χ1n) is 6.17. The summed E-state index contributed by atoms with van der Waals surface area (Å²) in [5.41, 5.74) is -0.318. The van der Waals surface area contributed by atoms with Crippen LogP contribution in [0.2, 0.25) is 0 Å². The van der Waals surface area contributed by atoms with Gasteiger partial charge in [-0.2, -0.15) is 0 Å². The molecule has 0 radical (unpaired) electrons. The first kappa shape index (κ1) is 16.0. The lowest BCUT2D eigenvalue weighted by atomic mass is 10.1. The zero-order valence-electron chi connectivity index (χ0n) is 11.7. The number of carbonyl (C=O) groups excluding carboxylic acids is 3. The van der Waals surface area contributed by atoms with E-state index in [1.807, 2.05) is 0 Å². The molecule has 0 saturated carbocycles. The molecule has 118 valence electrons. The normalized spacial score (nSPS) is 23.9. The van der Waals surface area contributed by atoms with Crippen LogP contribution in [-0.2, 0) is 24.0 Å². The van der Waals surface area contributed by atoms with E-state index in [4.69, 9.17) is 5.11 Å². The van der Waals surface area contributed by atoms with Crippen LogP contribution in [0.1, 0.15) is 6.92 Å². The first-order valence-corrected chi connectivity index (χ1v) is 7.22. The summed E-state index contributed by atoms with van der Waals surface area (Å²) < 4.78 is 0. The second kappa shape index (κ2) is 6.18. The van der Waals surface area contributed by atoms with Crippen molar-refractivity contribution in [1.82, 2.24) is 10.2 Å². The topological polar surface area (TPSA) is 125 Å². The number of amides is 2. The molecule has 2 heterocycles. The van der Waals surface area contributed by atoms with Crippen LogP contribution in [0.3, 0.4) is 0 Å². The number of hydrogen-bond acceptors (Lipinski definition) is 7. The molecule has 0 aliphatic carbocycles. The minimum absolute atomic E-state index is 0.116. The number of carbonyl (C=O) groups is 4. The number of nitrogens with one attached hydrogen (secondary N) is 1. The van der Waals surface area contributed by atoms with Crippen LogP contribution in [-0.4, -0.2) is 63.6 Å². The van der Waals surface area contributed by atoms with E-state index in [0.717, 1.165) is 6.92 Å². The van der Waals surface area contributed by atoms with Gasteiger partial charge in [-0.25, -0.2) is 4.79 Å². The molecule has 10 heteroatoms. The van der Waals surface area contributed by atoms with E-state index < -0.39 is 40.7 Å². The number of thioether (sulfide) groups is 1. The van der Waals surface area contributed by atoms with Gasteiger partial charge >= 0.3 is 5.97 Å². The number of β-lactam (4-membered cyclic amide) rings is 1. The molecular weight excluding hydrogens is 314 g/mol. The standard InChI is InChI=1S/C12H13N3O6S/c1-5(16)7(14-21-2)9(17)13-8-10(18)15-3-6(12(19)20)4-22-11(8)15/h3,8,11H,4H2,1-2H3,(H,13,17)(H,19,20)/t8?,11-/m1/s1. The minimum atomic E-state index is -1.09. The Labute approximate surface area is 129 Å². The molecular formula is C12H13N3O6S. The van der Waals surface area contributed by atoms with Gasteiger partial charge in [-0.15, -0.1) is 11.8 Å². The Kier molecular flexibility index (Phi) is 4.50. The quantitative estimate of drug-likeness (QED) is 0.285. The molecule has 0 aromatic carbocycles. The monoisotopic (exact) mass is 327 g/mol. The molecule has 0 aromatic rings. The lowest BCUT2D eigenvalue weighted by Crippen LogP contribution is -2.69. The Morgan fingerprint density at radius 2 is 2.18 bits per heavy atom. The van der Waals surface area contributed by atoms with E-state index in [-0.39, 0.29) is 11.3 Å². The summed E-state index contributed by atoms with van der Waals surface area (Å²) in [5.74, 6) is -2.70. The Bertz CT molecular complexity index is 614. The third-order valence-electron chi connectivity index (χ3n) is 3.08. The average Bonchev–Trinajstić information content (AvgIpc) is 2.48. The predicted octanol–water partition coefficient (Wildman–Crippen LogP) is -1.05.